The van der Waals surface area contributed by atoms with Crippen LogP contribution in [0.3, 0.4) is 0 Å². The van der Waals surface area contributed by atoms with Gasteiger partial charge in [-0.1, -0.05) is 19.9 Å². The molecular weight excluding hydrogens is 236 g/mol. The van der Waals surface area contributed by atoms with Gasteiger partial charge >= 0.3 is 0 Å². The molecule has 1 N–H and O–H groups in total. The van der Waals surface area contributed by atoms with Crippen LogP contribution in [0, 0.1) is 6.92 Å². The molecule has 2 rings (SSSR count). The van der Waals surface area contributed by atoms with E-state index in [1.807, 2.05) is 13.1 Å². The van der Waals surface area contributed by atoms with E-state index in [9.17, 15) is 0 Å². The molecule has 3 heteroatoms. The molecule has 3 nitrogen and oxygen atoms in total. The maximum Gasteiger partial charge on any atom is 0.108 e. The molecule has 102 valence electrons. The van der Waals surface area contributed by atoms with Crippen LogP contribution in [0.15, 0.2) is 35.1 Å². The summed E-state index contributed by atoms with van der Waals surface area (Å²) in [7, 11) is 0. The molecule has 1 unspecified atom stereocenters. The zero-order valence-corrected chi connectivity index (χ0v) is 11.9. The molecule has 2 aromatic rings. The van der Waals surface area contributed by atoms with Gasteiger partial charge in [0.15, 0.2) is 0 Å². The van der Waals surface area contributed by atoms with E-state index in [4.69, 9.17) is 4.42 Å². The Kier molecular flexibility index (Phi) is 4.74. The van der Waals surface area contributed by atoms with E-state index >= 15 is 0 Å². The quantitative estimate of drug-likeness (QED) is 0.859. The van der Waals surface area contributed by atoms with Crippen molar-refractivity contribution in [2.24, 2.45) is 0 Å². The summed E-state index contributed by atoms with van der Waals surface area (Å²) in [5.74, 6) is 1.05. The lowest BCUT2D eigenvalue weighted by Gasteiger charge is -2.19. The van der Waals surface area contributed by atoms with Gasteiger partial charge in [0.25, 0.3) is 0 Å². The summed E-state index contributed by atoms with van der Waals surface area (Å²) < 4.78 is 5.56. The highest BCUT2D eigenvalue weighted by Gasteiger charge is 2.18. The Hall–Kier alpha value is -1.61. The van der Waals surface area contributed by atoms with Crippen molar-refractivity contribution in [2.75, 3.05) is 6.54 Å². The van der Waals surface area contributed by atoms with Gasteiger partial charge in [-0.05, 0) is 37.6 Å². The number of hydrogen-bond acceptors (Lipinski definition) is 3. The molecule has 0 bridgehead atoms. The van der Waals surface area contributed by atoms with Gasteiger partial charge in [0.1, 0.15) is 5.76 Å². The summed E-state index contributed by atoms with van der Waals surface area (Å²) >= 11 is 0. The predicted octanol–water partition coefficient (Wildman–Crippen LogP) is 3.63. The van der Waals surface area contributed by atoms with Crippen molar-refractivity contribution in [1.82, 2.24) is 10.3 Å². The van der Waals surface area contributed by atoms with E-state index in [0.717, 1.165) is 30.8 Å². The van der Waals surface area contributed by atoms with Crippen LogP contribution < -0.4 is 5.32 Å². The average molecular weight is 258 g/mol. The third-order valence-electron chi connectivity index (χ3n) is 3.28. The van der Waals surface area contributed by atoms with Gasteiger partial charge in [0.2, 0.25) is 0 Å². The predicted molar refractivity (Wildman–Crippen MR) is 77.2 cm³/mol. The van der Waals surface area contributed by atoms with Gasteiger partial charge in [-0.2, -0.15) is 0 Å². The summed E-state index contributed by atoms with van der Waals surface area (Å²) in [6.45, 7) is 7.28. The van der Waals surface area contributed by atoms with E-state index in [2.05, 4.69) is 42.3 Å². The van der Waals surface area contributed by atoms with Gasteiger partial charge in [-0.15, -0.1) is 0 Å². The van der Waals surface area contributed by atoms with Crippen molar-refractivity contribution in [3.63, 3.8) is 0 Å². The van der Waals surface area contributed by atoms with Crippen LogP contribution in [0.25, 0.3) is 0 Å². The van der Waals surface area contributed by atoms with Gasteiger partial charge in [0.05, 0.1) is 12.3 Å². The first-order valence-electron chi connectivity index (χ1n) is 6.98. The first-order valence-corrected chi connectivity index (χ1v) is 6.98. The van der Waals surface area contributed by atoms with Crippen molar-refractivity contribution >= 4 is 0 Å². The molecule has 2 aromatic heterocycles. The SMILES string of the molecule is CCCNC(c1ccc(C)nc1)c1ccoc1CC. The van der Waals surface area contributed by atoms with Gasteiger partial charge in [-0.25, -0.2) is 0 Å². The molecule has 0 fully saturated rings. The summed E-state index contributed by atoms with van der Waals surface area (Å²) in [6, 6.07) is 6.43. The first-order chi connectivity index (χ1) is 9.26. The number of nitrogens with zero attached hydrogens (tertiary/aromatic N) is 1. The molecule has 19 heavy (non-hydrogen) atoms. The fourth-order valence-corrected chi connectivity index (χ4v) is 2.24. The minimum absolute atomic E-state index is 0.168. The lowest BCUT2D eigenvalue weighted by molar-refractivity contribution is 0.499. The number of rotatable bonds is 6. The van der Waals surface area contributed by atoms with E-state index < -0.39 is 0 Å². The molecule has 0 radical (unpaired) electrons. The highest BCUT2D eigenvalue weighted by atomic mass is 16.3. The number of pyridine rings is 1. The Bertz CT molecular complexity index is 502. The molecule has 0 aliphatic carbocycles. The highest BCUT2D eigenvalue weighted by Crippen LogP contribution is 2.26. The minimum atomic E-state index is 0.168. The Morgan fingerprint density at radius 1 is 1.26 bits per heavy atom. The topological polar surface area (TPSA) is 38.1 Å². The van der Waals surface area contributed by atoms with Crippen molar-refractivity contribution in [3.8, 4) is 0 Å². The smallest absolute Gasteiger partial charge is 0.108 e. The summed E-state index contributed by atoms with van der Waals surface area (Å²) in [6.07, 6.45) is 5.74. The number of aryl methyl sites for hydroxylation is 2. The molecule has 0 aliphatic heterocycles. The van der Waals surface area contributed by atoms with E-state index in [0.29, 0.717) is 0 Å². The second-order valence-corrected chi connectivity index (χ2v) is 4.77. The van der Waals surface area contributed by atoms with E-state index in [1.54, 1.807) is 6.26 Å². The molecule has 0 aromatic carbocycles. The number of aromatic nitrogens is 1. The van der Waals surface area contributed by atoms with Crippen LogP contribution in [0.4, 0.5) is 0 Å². The van der Waals surface area contributed by atoms with Crippen molar-refractivity contribution < 1.29 is 4.42 Å². The lowest BCUT2D eigenvalue weighted by Crippen LogP contribution is -2.23. The summed E-state index contributed by atoms with van der Waals surface area (Å²) in [5, 5.41) is 3.58. The molecular formula is C16H22N2O. The fraction of sp³-hybridized carbons (Fsp3) is 0.438. The molecule has 0 saturated carbocycles. The Balaban J connectivity index is 2.32. The third-order valence-corrected chi connectivity index (χ3v) is 3.28. The minimum Gasteiger partial charge on any atom is -0.469 e. The fourth-order valence-electron chi connectivity index (χ4n) is 2.24. The molecule has 1 atom stereocenters. The second-order valence-electron chi connectivity index (χ2n) is 4.77. The zero-order chi connectivity index (χ0) is 13.7. The van der Waals surface area contributed by atoms with E-state index in [1.165, 1.54) is 11.1 Å². The third kappa shape index (κ3) is 3.24. The van der Waals surface area contributed by atoms with Crippen LogP contribution >= 0.6 is 0 Å². The Morgan fingerprint density at radius 2 is 2.11 bits per heavy atom. The van der Waals surface area contributed by atoms with Crippen LogP contribution in [0.1, 0.15) is 48.9 Å². The largest absolute Gasteiger partial charge is 0.469 e. The number of hydrogen-bond donors (Lipinski definition) is 1. The molecule has 2 heterocycles. The van der Waals surface area contributed by atoms with Gasteiger partial charge in [-0.3, -0.25) is 4.98 Å². The summed E-state index contributed by atoms with van der Waals surface area (Å²) in [4.78, 5) is 4.40. The summed E-state index contributed by atoms with van der Waals surface area (Å²) in [5.41, 5.74) is 3.46. The normalized spacial score (nSPS) is 12.6. The van der Waals surface area contributed by atoms with Crippen molar-refractivity contribution in [1.29, 1.82) is 0 Å². The molecule has 0 spiro atoms. The van der Waals surface area contributed by atoms with E-state index in [-0.39, 0.29) is 6.04 Å². The van der Waals surface area contributed by atoms with Crippen molar-refractivity contribution in [3.05, 3.63) is 53.2 Å². The van der Waals surface area contributed by atoms with Crippen LogP contribution in [-0.4, -0.2) is 11.5 Å². The van der Waals surface area contributed by atoms with Gasteiger partial charge in [0, 0.05) is 23.9 Å². The van der Waals surface area contributed by atoms with Gasteiger partial charge < -0.3 is 9.73 Å². The maximum absolute atomic E-state index is 5.56. The lowest BCUT2D eigenvalue weighted by atomic mass is 9.99. The molecule has 0 aliphatic rings. The zero-order valence-electron chi connectivity index (χ0n) is 11.9. The maximum atomic E-state index is 5.56. The Morgan fingerprint density at radius 3 is 2.74 bits per heavy atom. The van der Waals surface area contributed by atoms with Crippen molar-refractivity contribution in [2.45, 2.75) is 39.7 Å². The Labute approximate surface area is 115 Å². The van der Waals surface area contributed by atoms with Crippen LogP contribution in [0.5, 0.6) is 0 Å². The average Bonchev–Trinajstić information content (AvgIpc) is 2.89. The first kappa shape index (κ1) is 13.8. The highest BCUT2D eigenvalue weighted by molar-refractivity contribution is 5.32. The standard InChI is InChI=1S/C16H22N2O/c1-4-9-17-16(13-7-6-12(3)18-11-13)14-8-10-19-15(14)5-2/h6-8,10-11,16-17H,4-5,9H2,1-3H3. The molecule has 0 amide bonds. The molecule has 0 saturated heterocycles. The number of furan rings is 1. The second kappa shape index (κ2) is 6.53. The van der Waals surface area contributed by atoms with Crippen LogP contribution in [-0.2, 0) is 6.42 Å². The monoisotopic (exact) mass is 258 g/mol. The van der Waals surface area contributed by atoms with Crippen LogP contribution in [0.2, 0.25) is 0 Å². The number of nitrogens with one attached hydrogen (secondary N) is 1.